The van der Waals surface area contributed by atoms with Gasteiger partial charge in [-0.25, -0.2) is 27.9 Å². The Balaban J connectivity index is 1.53. The number of carbonyl (C=O) groups excluding carboxylic acids is 1. The molecule has 3 N–H and O–H groups in total. The van der Waals surface area contributed by atoms with Crippen LogP contribution in [0.1, 0.15) is 82.8 Å². The zero-order valence-corrected chi connectivity index (χ0v) is 25.4. The van der Waals surface area contributed by atoms with Crippen LogP contribution in [-0.4, -0.2) is 43.2 Å². The molecule has 0 radical (unpaired) electrons. The molecule has 0 unspecified atom stereocenters. The number of pyridine rings is 1. The molecular formula is C29H39N5O4S2. The van der Waals surface area contributed by atoms with Crippen LogP contribution in [0.5, 0.6) is 0 Å². The third-order valence-electron chi connectivity index (χ3n) is 6.77. The number of amides is 1. The Bertz CT molecular complexity index is 1410. The average Bonchev–Trinajstić information content (AvgIpc) is 3.39. The standard InChI is InChI=1S/C29H39N5O4S2/c1-6-31-40(36,37)26-16-22(32-27-9-7-8-24(34-27)18(2)3)14-15-23(26)25-17-30-28(39-25)20-10-12-21(13-11-20)33-29(35)38-19(4)5/h7-9,14-21,31H,6,10-13H2,1-5H3,(H,32,34)(H,33,35). The van der Waals surface area contributed by atoms with Gasteiger partial charge in [0, 0.05) is 41.6 Å². The number of sulfonamides is 1. The third kappa shape index (κ3) is 7.58. The highest BCUT2D eigenvalue weighted by Gasteiger charge is 2.27. The molecule has 11 heteroatoms. The second kappa shape index (κ2) is 13.1. The lowest BCUT2D eigenvalue weighted by Crippen LogP contribution is -2.38. The summed E-state index contributed by atoms with van der Waals surface area (Å²) in [4.78, 5) is 22.3. The number of rotatable bonds is 10. The molecule has 0 bridgehead atoms. The number of nitrogens with zero attached hydrogens (tertiary/aromatic N) is 2. The van der Waals surface area contributed by atoms with Gasteiger partial charge in [-0.2, -0.15) is 0 Å². The van der Waals surface area contributed by atoms with Crippen molar-refractivity contribution in [1.82, 2.24) is 20.0 Å². The highest BCUT2D eigenvalue weighted by Crippen LogP contribution is 2.40. The number of hydrogen-bond donors (Lipinski definition) is 3. The van der Waals surface area contributed by atoms with Crippen molar-refractivity contribution in [3.63, 3.8) is 0 Å². The summed E-state index contributed by atoms with van der Waals surface area (Å²) in [7, 11) is -3.75. The van der Waals surface area contributed by atoms with E-state index < -0.39 is 10.0 Å². The maximum Gasteiger partial charge on any atom is 0.407 e. The predicted octanol–water partition coefficient (Wildman–Crippen LogP) is 6.53. The van der Waals surface area contributed by atoms with Gasteiger partial charge in [-0.15, -0.1) is 11.3 Å². The van der Waals surface area contributed by atoms with Crippen molar-refractivity contribution in [2.24, 2.45) is 0 Å². The first-order chi connectivity index (χ1) is 19.1. The van der Waals surface area contributed by atoms with Crippen molar-refractivity contribution in [3.8, 4) is 10.4 Å². The molecule has 9 nitrogen and oxygen atoms in total. The molecule has 0 aliphatic heterocycles. The number of anilines is 2. The van der Waals surface area contributed by atoms with E-state index in [-0.39, 0.29) is 41.5 Å². The number of nitrogens with one attached hydrogen (secondary N) is 3. The molecule has 1 amide bonds. The van der Waals surface area contributed by atoms with Crippen molar-refractivity contribution in [1.29, 1.82) is 0 Å². The maximum absolute atomic E-state index is 13.3. The molecule has 1 aliphatic rings. The van der Waals surface area contributed by atoms with E-state index in [1.807, 2.05) is 44.2 Å². The Hall–Kier alpha value is -3.02. The summed E-state index contributed by atoms with van der Waals surface area (Å²) in [6.45, 7) is 9.87. The van der Waals surface area contributed by atoms with E-state index in [1.165, 1.54) is 11.3 Å². The molecule has 1 saturated carbocycles. The summed E-state index contributed by atoms with van der Waals surface area (Å²) in [6, 6.07) is 11.2. The largest absolute Gasteiger partial charge is 0.447 e. The van der Waals surface area contributed by atoms with Crippen LogP contribution in [0.25, 0.3) is 10.4 Å². The lowest BCUT2D eigenvalue weighted by molar-refractivity contribution is 0.109. The molecule has 0 saturated heterocycles. The molecule has 4 rings (SSSR count). The monoisotopic (exact) mass is 585 g/mol. The quantitative estimate of drug-likeness (QED) is 0.247. The van der Waals surface area contributed by atoms with E-state index >= 15 is 0 Å². The second-order valence-corrected chi connectivity index (χ2v) is 13.4. The fraction of sp³-hybridized carbons (Fsp3) is 0.483. The van der Waals surface area contributed by atoms with Crippen LogP contribution in [0.3, 0.4) is 0 Å². The Morgan fingerprint density at radius 2 is 1.85 bits per heavy atom. The first-order valence-electron chi connectivity index (χ1n) is 13.9. The molecule has 3 aromatic rings. The Labute approximate surface area is 241 Å². The second-order valence-electron chi connectivity index (χ2n) is 10.6. The van der Waals surface area contributed by atoms with Crippen LogP contribution < -0.4 is 15.4 Å². The normalized spacial score (nSPS) is 17.7. The van der Waals surface area contributed by atoms with Crippen LogP contribution in [-0.2, 0) is 14.8 Å². The molecule has 1 aliphatic carbocycles. The number of thiazole rings is 1. The van der Waals surface area contributed by atoms with Gasteiger partial charge in [0.25, 0.3) is 0 Å². The van der Waals surface area contributed by atoms with Crippen molar-refractivity contribution in [2.45, 2.75) is 89.2 Å². The van der Waals surface area contributed by atoms with Crippen LogP contribution >= 0.6 is 11.3 Å². The molecule has 40 heavy (non-hydrogen) atoms. The van der Waals surface area contributed by atoms with Gasteiger partial charge in [0.2, 0.25) is 10.0 Å². The van der Waals surface area contributed by atoms with E-state index in [4.69, 9.17) is 9.72 Å². The summed E-state index contributed by atoms with van der Waals surface area (Å²) >= 11 is 1.53. The van der Waals surface area contributed by atoms with Crippen LogP contribution in [0.15, 0.2) is 47.5 Å². The number of aromatic nitrogens is 2. The van der Waals surface area contributed by atoms with Gasteiger partial charge in [-0.05, 0) is 69.7 Å². The predicted molar refractivity (Wildman–Crippen MR) is 160 cm³/mol. The van der Waals surface area contributed by atoms with Gasteiger partial charge in [0.1, 0.15) is 5.82 Å². The number of ether oxygens (including phenoxy) is 1. The molecule has 1 aromatic carbocycles. The maximum atomic E-state index is 13.3. The minimum absolute atomic E-state index is 0.0922. The average molecular weight is 586 g/mol. The van der Waals surface area contributed by atoms with Gasteiger partial charge in [0.05, 0.1) is 20.9 Å². The molecule has 0 spiro atoms. The van der Waals surface area contributed by atoms with E-state index in [0.29, 0.717) is 17.1 Å². The van der Waals surface area contributed by atoms with Gasteiger partial charge >= 0.3 is 6.09 Å². The fourth-order valence-electron chi connectivity index (χ4n) is 4.78. The number of benzene rings is 1. The van der Waals surface area contributed by atoms with Crippen LogP contribution in [0.2, 0.25) is 0 Å². The van der Waals surface area contributed by atoms with Crippen molar-refractivity contribution < 1.29 is 17.9 Å². The van der Waals surface area contributed by atoms with E-state index in [0.717, 1.165) is 41.3 Å². The minimum atomic E-state index is -3.75. The first kappa shape index (κ1) is 30.0. The SMILES string of the molecule is CCNS(=O)(=O)c1cc(Nc2cccc(C(C)C)n2)ccc1-c1cnc(C2CCC(NC(=O)OC(C)C)CC2)s1. The Morgan fingerprint density at radius 1 is 1.10 bits per heavy atom. The van der Waals surface area contributed by atoms with Crippen molar-refractivity contribution in [2.75, 3.05) is 11.9 Å². The lowest BCUT2D eigenvalue weighted by Gasteiger charge is -2.28. The van der Waals surface area contributed by atoms with Gasteiger partial charge < -0.3 is 15.4 Å². The summed E-state index contributed by atoms with van der Waals surface area (Å²) < 4.78 is 34.4. The number of hydrogen-bond acceptors (Lipinski definition) is 8. The van der Waals surface area contributed by atoms with Crippen LogP contribution in [0.4, 0.5) is 16.3 Å². The highest BCUT2D eigenvalue weighted by atomic mass is 32.2. The fourth-order valence-corrected chi connectivity index (χ4v) is 7.26. The molecule has 0 atom stereocenters. The molecule has 216 valence electrons. The molecule has 1 fully saturated rings. The summed E-state index contributed by atoms with van der Waals surface area (Å²) in [5.74, 6) is 1.21. The van der Waals surface area contributed by atoms with Gasteiger partial charge in [0.15, 0.2) is 0 Å². The Kier molecular flexibility index (Phi) is 9.81. The smallest absolute Gasteiger partial charge is 0.407 e. The summed E-state index contributed by atoms with van der Waals surface area (Å²) in [5, 5.41) is 7.21. The summed E-state index contributed by atoms with van der Waals surface area (Å²) in [6.07, 6.45) is 4.74. The van der Waals surface area contributed by atoms with Gasteiger partial charge in [-0.3, -0.25) is 0 Å². The Morgan fingerprint density at radius 3 is 2.52 bits per heavy atom. The first-order valence-corrected chi connectivity index (χ1v) is 16.2. The molecule has 2 aromatic heterocycles. The summed E-state index contributed by atoms with van der Waals surface area (Å²) in [5.41, 5.74) is 2.21. The molecular weight excluding hydrogens is 546 g/mol. The lowest BCUT2D eigenvalue weighted by atomic mass is 9.86. The van der Waals surface area contributed by atoms with E-state index in [9.17, 15) is 13.2 Å². The van der Waals surface area contributed by atoms with Crippen molar-refractivity contribution >= 4 is 39.0 Å². The minimum Gasteiger partial charge on any atom is -0.447 e. The third-order valence-corrected chi connectivity index (χ3v) is 9.55. The van der Waals surface area contributed by atoms with Gasteiger partial charge in [-0.1, -0.05) is 32.9 Å². The highest BCUT2D eigenvalue weighted by molar-refractivity contribution is 7.89. The topological polar surface area (TPSA) is 122 Å². The molecule has 2 heterocycles. The number of carbonyl (C=O) groups is 1. The zero-order chi connectivity index (χ0) is 28.9. The number of alkyl carbamates (subject to hydrolysis) is 1. The van der Waals surface area contributed by atoms with E-state index in [2.05, 4.69) is 34.2 Å². The zero-order valence-electron chi connectivity index (χ0n) is 23.7. The van der Waals surface area contributed by atoms with E-state index in [1.54, 1.807) is 19.2 Å². The van der Waals surface area contributed by atoms with Crippen molar-refractivity contribution in [3.05, 3.63) is 53.3 Å². The van der Waals surface area contributed by atoms with Crippen LogP contribution in [0, 0.1) is 0 Å².